The van der Waals surface area contributed by atoms with E-state index in [4.69, 9.17) is 4.74 Å². The van der Waals surface area contributed by atoms with Gasteiger partial charge in [0.2, 0.25) is 0 Å². The molecule has 3 heterocycles. The molecule has 6 heteroatoms. The van der Waals surface area contributed by atoms with Gasteiger partial charge >= 0.3 is 5.69 Å². The summed E-state index contributed by atoms with van der Waals surface area (Å²) in [5, 5.41) is 7.02. The fraction of sp³-hybridized carbons (Fsp3) is 0.556. The van der Waals surface area contributed by atoms with E-state index < -0.39 is 0 Å². The van der Waals surface area contributed by atoms with E-state index in [0.29, 0.717) is 12.0 Å². The lowest BCUT2D eigenvalue weighted by atomic mass is 9.94. The molecule has 0 bridgehead atoms. The van der Waals surface area contributed by atoms with Gasteiger partial charge in [-0.1, -0.05) is 18.2 Å². The summed E-state index contributed by atoms with van der Waals surface area (Å²) in [4.78, 5) is 14.9. The van der Waals surface area contributed by atoms with Crippen molar-refractivity contribution in [2.75, 3.05) is 26.3 Å². The molecule has 1 aromatic heterocycles. The first-order valence-corrected chi connectivity index (χ1v) is 8.87. The summed E-state index contributed by atoms with van der Waals surface area (Å²) >= 11 is 0. The number of ether oxygens (including phenoxy) is 1. The molecular weight excluding hydrogens is 304 g/mol. The minimum absolute atomic E-state index is 0.153. The Morgan fingerprint density at radius 2 is 1.92 bits per heavy atom. The number of hydrogen-bond acceptors (Lipinski definition) is 4. The number of piperidine rings is 1. The Morgan fingerprint density at radius 3 is 2.71 bits per heavy atom. The SMILES string of the molecule is O=c1[nH]nc([C@@H]2CCCN(C3CCOCC3)C2)n1-c1ccccc1. The topological polar surface area (TPSA) is 63.1 Å². The molecule has 1 N–H and O–H groups in total. The van der Waals surface area contributed by atoms with Gasteiger partial charge in [0, 0.05) is 31.7 Å². The van der Waals surface area contributed by atoms with Crippen molar-refractivity contribution in [3.8, 4) is 5.69 Å². The van der Waals surface area contributed by atoms with E-state index in [1.165, 1.54) is 0 Å². The summed E-state index contributed by atoms with van der Waals surface area (Å²) < 4.78 is 7.23. The monoisotopic (exact) mass is 328 g/mol. The number of benzene rings is 1. The lowest BCUT2D eigenvalue weighted by Gasteiger charge is -2.39. The van der Waals surface area contributed by atoms with Crippen LogP contribution in [0.1, 0.15) is 37.4 Å². The number of rotatable bonds is 3. The Labute approximate surface area is 141 Å². The summed E-state index contributed by atoms with van der Waals surface area (Å²) in [6.45, 7) is 3.84. The number of para-hydroxylation sites is 1. The Bertz CT molecular complexity index is 718. The predicted octanol–water partition coefficient (Wildman–Crippen LogP) is 1.92. The molecule has 128 valence electrons. The third-order valence-electron chi connectivity index (χ3n) is 5.24. The number of nitrogens with one attached hydrogen (secondary N) is 1. The zero-order valence-corrected chi connectivity index (χ0v) is 13.9. The maximum Gasteiger partial charge on any atom is 0.347 e. The van der Waals surface area contributed by atoms with Crippen molar-refractivity contribution in [3.63, 3.8) is 0 Å². The Balaban J connectivity index is 1.59. The number of hydrogen-bond donors (Lipinski definition) is 1. The lowest BCUT2D eigenvalue weighted by Crippen LogP contribution is -2.45. The van der Waals surface area contributed by atoms with E-state index in [-0.39, 0.29) is 5.69 Å². The molecule has 2 aromatic rings. The van der Waals surface area contributed by atoms with Crippen LogP contribution in [0.4, 0.5) is 0 Å². The highest BCUT2D eigenvalue weighted by molar-refractivity contribution is 5.32. The van der Waals surface area contributed by atoms with Crippen molar-refractivity contribution in [1.82, 2.24) is 19.7 Å². The molecule has 0 amide bonds. The van der Waals surface area contributed by atoms with E-state index in [1.54, 1.807) is 4.57 Å². The summed E-state index contributed by atoms with van der Waals surface area (Å²) in [5.74, 6) is 1.16. The largest absolute Gasteiger partial charge is 0.381 e. The summed E-state index contributed by atoms with van der Waals surface area (Å²) in [6.07, 6.45) is 4.45. The van der Waals surface area contributed by atoms with Crippen LogP contribution in [0.25, 0.3) is 5.69 Å². The Morgan fingerprint density at radius 1 is 1.12 bits per heavy atom. The second-order valence-electron chi connectivity index (χ2n) is 6.74. The number of nitrogens with zero attached hydrogens (tertiary/aromatic N) is 3. The maximum absolute atomic E-state index is 12.3. The van der Waals surface area contributed by atoms with Crippen molar-refractivity contribution in [2.45, 2.75) is 37.6 Å². The van der Waals surface area contributed by atoms with Gasteiger partial charge in [-0.3, -0.25) is 4.90 Å². The third-order valence-corrected chi connectivity index (χ3v) is 5.24. The standard InChI is InChI=1S/C18H24N4O2/c23-18-20-19-17(22(18)16-6-2-1-3-7-16)14-5-4-10-21(13-14)15-8-11-24-12-9-15/h1-3,6-7,14-15H,4-5,8-13H2,(H,20,23)/t14-/m1/s1. The quantitative estimate of drug-likeness (QED) is 0.935. The third kappa shape index (κ3) is 3.03. The highest BCUT2D eigenvalue weighted by atomic mass is 16.5. The van der Waals surface area contributed by atoms with Crippen LogP contribution in [0.5, 0.6) is 0 Å². The smallest absolute Gasteiger partial charge is 0.347 e. The first kappa shape index (κ1) is 15.6. The van der Waals surface area contributed by atoms with Gasteiger partial charge in [-0.15, -0.1) is 0 Å². The first-order valence-electron chi connectivity index (χ1n) is 8.87. The van der Waals surface area contributed by atoms with Gasteiger partial charge in [0.05, 0.1) is 5.69 Å². The van der Waals surface area contributed by atoms with Gasteiger partial charge in [0.15, 0.2) is 0 Å². The molecule has 2 saturated heterocycles. The van der Waals surface area contributed by atoms with Gasteiger partial charge in [0.1, 0.15) is 5.82 Å². The minimum atomic E-state index is -0.153. The van der Waals surface area contributed by atoms with Crippen molar-refractivity contribution in [3.05, 3.63) is 46.6 Å². The number of likely N-dealkylation sites (tertiary alicyclic amines) is 1. The molecule has 1 atom stereocenters. The van der Waals surface area contributed by atoms with Crippen molar-refractivity contribution >= 4 is 0 Å². The zero-order chi connectivity index (χ0) is 16.4. The molecule has 2 fully saturated rings. The highest BCUT2D eigenvalue weighted by Crippen LogP contribution is 2.29. The van der Waals surface area contributed by atoms with Crippen LogP contribution in [-0.4, -0.2) is 52.0 Å². The van der Waals surface area contributed by atoms with E-state index >= 15 is 0 Å². The molecule has 2 aliphatic heterocycles. The summed E-state index contributed by atoms with van der Waals surface area (Å²) in [7, 11) is 0. The van der Waals surface area contributed by atoms with E-state index in [1.807, 2.05) is 30.3 Å². The van der Waals surface area contributed by atoms with E-state index in [9.17, 15) is 4.79 Å². The van der Waals surface area contributed by atoms with Crippen LogP contribution in [0.3, 0.4) is 0 Å². The molecule has 0 radical (unpaired) electrons. The molecule has 0 aliphatic carbocycles. The molecule has 24 heavy (non-hydrogen) atoms. The Kier molecular flexibility index (Phi) is 4.49. The second-order valence-corrected chi connectivity index (χ2v) is 6.74. The maximum atomic E-state index is 12.3. The van der Waals surface area contributed by atoms with Gasteiger partial charge in [-0.2, -0.15) is 5.10 Å². The molecule has 0 spiro atoms. The second kappa shape index (κ2) is 6.91. The number of aromatic amines is 1. The fourth-order valence-electron chi connectivity index (χ4n) is 4.01. The van der Waals surface area contributed by atoms with Crippen LogP contribution in [0, 0.1) is 0 Å². The normalized spacial score (nSPS) is 23.4. The average molecular weight is 328 g/mol. The lowest BCUT2D eigenvalue weighted by molar-refractivity contribution is 0.0234. The van der Waals surface area contributed by atoms with Gasteiger partial charge in [-0.05, 0) is 44.4 Å². The van der Waals surface area contributed by atoms with Crippen LogP contribution >= 0.6 is 0 Å². The Hall–Kier alpha value is -1.92. The molecule has 0 unspecified atom stereocenters. The first-order chi connectivity index (χ1) is 11.8. The van der Waals surface area contributed by atoms with Gasteiger partial charge in [0.25, 0.3) is 0 Å². The highest BCUT2D eigenvalue weighted by Gasteiger charge is 2.30. The summed E-state index contributed by atoms with van der Waals surface area (Å²) in [6, 6.07) is 10.4. The molecule has 1 aromatic carbocycles. The van der Waals surface area contributed by atoms with Crippen molar-refractivity contribution in [2.24, 2.45) is 0 Å². The molecular formula is C18H24N4O2. The van der Waals surface area contributed by atoms with Crippen molar-refractivity contribution in [1.29, 1.82) is 0 Å². The zero-order valence-electron chi connectivity index (χ0n) is 13.9. The average Bonchev–Trinajstić information content (AvgIpc) is 3.05. The molecule has 6 nitrogen and oxygen atoms in total. The molecule has 4 rings (SSSR count). The number of aromatic nitrogens is 3. The summed E-state index contributed by atoms with van der Waals surface area (Å²) in [5.41, 5.74) is 0.730. The van der Waals surface area contributed by atoms with Crippen LogP contribution < -0.4 is 5.69 Å². The minimum Gasteiger partial charge on any atom is -0.381 e. The van der Waals surface area contributed by atoms with Gasteiger partial charge in [-0.25, -0.2) is 14.5 Å². The fourth-order valence-corrected chi connectivity index (χ4v) is 4.01. The van der Waals surface area contributed by atoms with E-state index in [2.05, 4.69) is 15.1 Å². The molecule has 2 aliphatic rings. The van der Waals surface area contributed by atoms with Crippen LogP contribution in [-0.2, 0) is 4.74 Å². The van der Waals surface area contributed by atoms with Crippen LogP contribution in [0.15, 0.2) is 35.1 Å². The van der Waals surface area contributed by atoms with Gasteiger partial charge < -0.3 is 4.74 Å². The molecule has 0 saturated carbocycles. The number of H-pyrrole nitrogens is 1. The van der Waals surface area contributed by atoms with Crippen LogP contribution in [0.2, 0.25) is 0 Å². The van der Waals surface area contributed by atoms with Crippen molar-refractivity contribution < 1.29 is 4.74 Å². The predicted molar refractivity (Wildman–Crippen MR) is 91.6 cm³/mol. The van der Waals surface area contributed by atoms with E-state index in [0.717, 1.165) is 63.5 Å².